The van der Waals surface area contributed by atoms with E-state index in [0.29, 0.717) is 39.4 Å². The largest absolute Gasteiger partial charge is 0.493 e. The van der Waals surface area contributed by atoms with Gasteiger partial charge in [-0.1, -0.05) is 17.7 Å². The van der Waals surface area contributed by atoms with Gasteiger partial charge in [0.05, 0.1) is 19.7 Å². The van der Waals surface area contributed by atoms with Crippen LogP contribution in [0.25, 0.3) is 10.9 Å². The third kappa shape index (κ3) is 5.47. The summed E-state index contributed by atoms with van der Waals surface area (Å²) >= 11 is 5.19. The fourth-order valence-corrected chi connectivity index (χ4v) is 3.57. The molecule has 0 spiro atoms. The number of methoxy groups -OCH3 is 2. The summed E-state index contributed by atoms with van der Waals surface area (Å²) in [6.45, 7) is 1.93. The van der Waals surface area contributed by atoms with Crippen LogP contribution in [0.3, 0.4) is 0 Å². The molecule has 0 saturated carbocycles. The second-order valence-electron chi connectivity index (χ2n) is 7.55. The number of anilines is 1. The van der Waals surface area contributed by atoms with Gasteiger partial charge in [-0.2, -0.15) is 0 Å². The molecular weight excluding hydrogens is 469 g/mol. The number of thiocarbonyl (C=S) groups is 1. The highest BCUT2D eigenvalue weighted by Crippen LogP contribution is 2.37. The standard InChI is InChI=1S/C26H22FN3O4S/c1-15-4-6-16(7-5-15)25(31)30-26(35)29-17-8-9-22(19(27)12-17)34-21-10-11-28-20-14-24(33-3)23(32-2)13-18(20)21/h4-14H,1-3H3,(H2,29,30,31,35). The Labute approximate surface area is 206 Å². The summed E-state index contributed by atoms with van der Waals surface area (Å²) in [6, 6.07) is 16.4. The van der Waals surface area contributed by atoms with Crippen molar-refractivity contribution in [1.82, 2.24) is 10.3 Å². The van der Waals surface area contributed by atoms with Crippen molar-refractivity contribution in [2.24, 2.45) is 0 Å². The van der Waals surface area contributed by atoms with E-state index in [0.717, 1.165) is 5.56 Å². The van der Waals surface area contributed by atoms with Gasteiger partial charge >= 0.3 is 0 Å². The molecule has 35 heavy (non-hydrogen) atoms. The maximum atomic E-state index is 14.9. The van der Waals surface area contributed by atoms with E-state index >= 15 is 0 Å². The number of nitrogens with zero attached hydrogens (tertiary/aromatic N) is 1. The van der Waals surface area contributed by atoms with Gasteiger partial charge in [-0.3, -0.25) is 15.1 Å². The van der Waals surface area contributed by atoms with Crippen molar-refractivity contribution in [3.8, 4) is 23.0 Å². The third-order valence-corrected chi connectivity index (χ3v) is 5.36. The Kier molecular flexibility index (Phi) is 7.07. The molecule has 7 nitrogen and oxygen atoms in total. The molecule has 9 heteroatoms. The average molecular weight is 492 g/mol. The van der Waals surface area contributed by atoms with Crippen molar-refractivity contribution in [3.63, 3.8) is 0 Å². The molecule has 0 atom stereocenters. The lowest BCUT2D eigenvalue weighted by atomic mass is 10.1. The molecule has 0 saturated heterocycles. The summed E-state index contributed by atoms with van der Waals surface area (Å²) in [5.74, 6) is 0.451. The number of aromatic nitrogens is 1. The second kappa shape index (κ2) is 10.4. The Morgan fingerprint density at radius 1 is 0.914 bits per heavy atom. The van der Waals surface area contributed by atoms with E-state index in [-0.39, 0.29) is 16.8 Å². The number of pyridine rings is 1. The molecule has 1 aromatic heterocycles. The topological polar surface area (TPSA) is 81.7 Å². The van der Waals surface area contributed by atoms with Gasteiger partial charge in [-0.15, -0.1) is 0 Å². The van der Waals surface area contributed by atoms with Crippen LogP contribution in [-0.2, 0) is 0 Å². The normalized spacial score (nSPS) is 10.5. The zero-order valence-corrected chi connectivity index (χ0v) is 20.0. The lowest BCUT2D eigenvalue weighted by molar-refractivity contribution is 0.0977. The fourth-order valence-electron chi connectivity index (χ4n) is 3.36. The summed E-state index contributed by atoms with van der Waals surface area (Å²) < 4.78 is 31.4. The first-order chi connectivity index (χ1) is 16.9. The quantitative estimate of drug-likeness (QED) is 0.339. The van der Waals surface area contributed by atoms with Crippen LogP contribution < -0.4 is 24.8 Å². The lowest BCUT2D eigenvalue weighted by Gasteiger charge is -2.14. The van der Waals surface area contributed by atoms with Gasteiger partial charge < -0.3 is 19.5 Å². The van der Waals surface area contributed by atoms with Gasteiger partial charge in [0.15, 0.2) is 28.2 Å². The summed E-state index contributed by atoms with van der Waals surface area (Å²) in [7, 11) is 3.06. The SMILES string of the molecule is COc1cc2nccc(Oc3ccc(NC(=S)NC(=O)c4ccc(C)cc4)cc3F)c2cc1OC. The number of hydrogen-bond donors (Lipinski definition) is 2. The van der Waals surface area contributed by atoms with E-state index in [1.807, 2.05) is 19.1 Å². The summed E-state index contributed by atoms with van der Waals surface area (Å²) in [6.07, 6.45) is 1.56. The van der Waals surface area contributed by atoms with Crippen LogP contribution in [0.2, 0.25) is 0 Å². The van der Waals surface area contributed by atoms with Crippen LogP contribution in [0.15, 0.2) is 66.9 Å². The monoisotopic (exact) mass is 491 g/mol. The first kappa shape index (κ1) is 23.9. The molecule has 4 rings (SSSR count). The van der Waals surface area contributed by atoms with E-state index in [2.05, 4.69) is 15.6 Å². The number of aryl methyl sites for hydroxylation is 1. The van der Waals surface area contributed by atoms with Gasteiger partial charge in [-0.25, -0.2) is 4.39 Å². The minimum Gasteiger partial charge on any atom is -0.493 e. The number of ether oxygens (including phenoxy) is 3. The van der Waals surface area contributed by atoms with Crippen LogP contribution in [-0.4, -0.2) is 30.2 Å². The van der Waals surface area contributed by atoms with Crippen molar-refractivity contribution < 1.29 is 23.4 Å². The van der Waals surface area contributed by atoms with Gasteiger partial charge in [0.25, 0.3) is 5.91 Å². The highest BCUT2D eigenvalue weighted by Gasteiger charge is 2.14. The number of hydrogen-bond acceptors (Lipinski definition) is 6. The molecule has 3 aromatic carbocycles. The fraction of sp³-hybridized carbons (Fsp3) is 0.115. The smallest absolute Gasteiger partial charge is 0.257 e. The zero-order chi connectivity index (χ0) is 24.9. The maximum absolute atomic E-state index is 14.9. The first-order valence-corrected chi connectivity index (χ1v) is 11.0. The summed E-state index contributed by atoms with van der Waals surface area (Å²) in [4.78, 5) is 16.6. The van der Waals surface area contributed by atoms with Crippen LogP contribution >= 0.6 is 12.2 Å². The molecule has 0 bridgehead atoms. The number of fused-ring (bicyclic) bond motifs is 1. The Morgan fingerprint density at radius 3 is 2.31 bits per heavy atom. The molecule has 2 N–H and O–H groups in total. The molecule has 0 aliphatic heterocycles. The minimum atomic E-state index is -0.617. The van der Waals surface area contributed by atoms with Crippen molar-refractivity contribution in [2.45, 2.75) is 6.92 Å². The number of carbonyl (C=O) groups is 1. The zero-order valence-electron chi connectivity index (χ0n) is 19.2. The molecule has 178 valence electrons. The lowest BCUT2D eigenvalue weighted by Crippen LogP contribution is -2.34. The van der Waals surface area contributed by atoms with Crippen molar-refractivity contribution in [1.29, 1.82) is 0 Å². The van der Waals surface area contributed by atoms with Crippen LogP contribution in [0, 0.1) is 12.7 Å². The number of amides is 1. The van der Waals surface area contributed by atoms with Crippen LogP contribution in [0.1, 0.15) is 15.9 Å². The number of nitrogens with one attached hydrogen (secondary N) is 2. The predicted octanol–water partition coefficient (Wildman–Crippen LogP) is 5.62. The molecule has 1 amide bonds. The Bertz CT molecular complexity index is 1410. The molecule has 0 radical (unpaired) electrons. The van der Waals surface area contributed by atoms with Crippen LogP contribution in [0.4, 0.5) is 10.1 Å². The van der Waals surface area contributed by atoms with Crippen molar-refractivity contribution >= 4 is 39.8 Å². The van der Waals surface area contributed by atoms with Gasteiger partial charge in [0, 0.05) is 35.0 Å². The van der Waals surface area contributed by atoms with Crippen LogP contribution in [0.5, 0.6) is 23.0 Å². The number of benzene rings is 3. The Morgan fingerprint density at radius 2 is 1.63 bits per heavy atom. The molecule has 0 fully saturated rings. The third-order valence-electron chi connectivity index (χ3n) is 5.16. The first-order valence-electron chi connectivity index (χ1n) is 10.5. The van der Waals surface area contributed by atoms with E-state index in [1.165, 1.54) is 26.4 Å². The molecule has 4 aromatic rings. The van der Waals surface area contributed by atoms with Gasteiger partial charge in [-0.05, 0) is 55.5 Å². The molecular formula is C26H22FN3O4S. The van der Waals surface area contributed by atoms with Crippen molar-refractivity contribution in [3.05, 3.63) is 83.8 Å². The summed E-state index contributed by atoms with van der Waals surface area (Å²) in [5, 5.41) is 6.06. The molecule has 1 heterocycles. The average Bonchev–Trinajstić information content (AvgIpc) is 2.85. The molecule has 0 unspecified atom stereocenters. The highest BCUT2D eigenvalue weighted by atomic mass is 32.1. The highest BCUT2D eigenvalue weighted by molar-refractivity contribution is 7.80. The minimum absolute atomic E-state index is 0.00689. The van der Waals surface area contributed by atoms with Gasteiger partial charge in [0.2, 0.25) is 0 Å². The maximum Gasteiger partial charge on any atom is 0.257 e. The van der Waals surface area contributed by atoms with E-state index in [9.17, 15) is 9.18 Å². The number of carbonyl (C=O) groups excluding carboxylic acids is 1. The Hall–Kier alpha value is -4.24. The summed E-state index contributed by atoms with van der Waals surface area (Å²) in [5.41, 5.74) is 2.47. The van der Waals surface area contributed by atoms with Gasteiger partial charge in [0.1, 0.15) is 5.75 Å². The second-order valence-corrected chi connectivity index (χ2v) is 7.96. The number of halogens is 1. The predicted molar refractivity (Wildman–Crippen MR) is 136 cm³/mol. The Balaban J connectivity index is 1.48. The number of rotatable bonds is 6. The van der Waals surface area contributed by atoms with E-state index in [4.69, 9.17) is 26.4 Å². The van der Waals surface area contributed by atoms with E-state index < -0.39 is 5.82 Å². The van der Waals surface area contributed by atoms with Crippen molar-refractivity contribution in [2.75, 3.05) is 19.5 Å². The molecule has 0 aliphatic carbocycles. The molecule has 0 aliphatic rings. The van der Waals surface area contributed by atoms with E-state index in [1.54, 1.807) is 42.6 Å².